The van der Waals surface area contributed by atoms with Gasteiger partial charge in [0.25, 0.3) is 10.2 Å². The third-order valence-electron chi connectivity index (χ3n) is 3.45. The molecule has 0 aromatic rings. The minimum Gasteiger partial charge on any atom is -0.329 e. The topological polar surface area (TPSA) is 78.7 Å². The third kappa shape index (κ3) is 4.47. The Balaban J connectivity index is 2.45. The lowest BCUT2D eigenvalue weighted by Crippen LogP contribution is -2.50. The van der Waals surface area contributed by atoms with Crippen LogP contribution in [0.5, 0.6) is 0 Å². The highest BCUT2D eigenvalue weighted by atomic mass is 32.2. The summed E-state index contributed by atoms with van der Waals surface area (Å²) in [6.07, 6.45) is 1.70. The molecule has 0 saturated carbocycles. The summed E-state index contributed by atoms with van der Waals surface area (Å²) in [7, 11) is -1.74. The Bertz CT molecular complexity index is 337. The second-order valence-corrected chi connectivity index (χ2v) is 6.90. The van der Waals surface area contributed by atoms with Crippen LogP contribution < -0.4 is 10.5 Å². The number of rotatable bonds is 6. The Morgan fingerprint density at radius 3 is 2.39 bits per heavy atom. The third-order valence-corrected chi connectivity index (χ3v) is 5.27. The van der Waals surface area contributed by atoms with Gasteiger partial charge in [0.2, 0.25) is 0 Å². The van der Waals surface area contributed by atoms with Gasteiger partial charge in [0.15, 0.2) is 0 Å². The molecule has 108 valence electrons. The van der Waals surface area contributed by atoms with E-state index in [1.807, 2.05) is 13.8 Å². The zero-order valence-corrected chi connectivity index (χ0v) is 12.4. The highest BCUT2D eigenvalue weighted by molar-refractivity contribution is 7.87. The molecular weight excluding hydrogens is 252 g/mol. The summed E-state index contributed by atoms with van der Waals surface area (Å²) in [6.45, 7) is 7.11. The number of hydrogen-bond donors (Lipinski definition) is 2. The molecule has 0 spiro atoms. The van der Waals surface area contributed by atoms with Crippen LogP contribution in [0.3, 0.4) is 0 Å². The lowest BCUT2D eigenvalue weighted by Gasteiger charge is -2.33. The summed E-state index contributed by atoms with van der Waals surface area (Å²) in [6, 6.07) is 0.0186. The molecule has 7 heteroatoms. The number of piperidine rings is 1. The van der Waals surface area contributed by atoms with Crippen LogP contribution in [0.15, 0.2) is 0 Å². The first-order valence-electron chi connectivity index (χ1n) is 6.54. The van der Waals surface area contributed by atoms with Crippen LogP contribution in [0.2, 0.25) is 0 Å². The summed E-state index contributed by atoms with van der Waals surface area (Å²) in [5.41, 5.74) is 5.51. The van der Waals surface area contributed by atoms with E-state index in [4.69, 9.17) is 5.73 Å². The molecule has 18 heavy (non-hydrogen) atoms. The molecule has 0 aromatic carbocycles. The highest BCUT2D eigenvalue weighted by Gasteiger charge is 2.26. The fraction of sp³-hybridized carbons (Fsp3) is 1.00. The van der Waals surface area contributed by atoms with E-state index < -0.39 is 10.2 Å². The maximum atomic E-state index is 12.0. The van der Waals surface area contributed by atoms with Gasteiger partial charge in [0, 0.05) is 32.2 Å². The van der Waals surface area contributed by atoms with Gasteiger partial charge < -0.3 is 10.6 Å². The molecule has 0 unspecified atom stereocenters. The van der Waals surface area contributed by atoms with Crippen LogP contribution in [0, 0.1) is 0 Å². The molecule has 1 rings (SSSR count). The normalized spacial score (nSPS) is 19.9. The Morgan fingerprint density at radius 2 is 1.94 bits per heavy atom. The zero-order chi connectivity index (χ0) is 13.8. The number of hydrogen-bond acceptors (Lipinski definition) is 4. The Hall–Kier alpha value is -0.210. The van der Waals surface area contributed by atoms with E-state index in [0.29, 0.717) is 6.54 Å². The number of nitrogens with zero attached hydrogens (tertiary/aromatic N) is 2. The number of nitrogens with one attached hydrogen (secondary N) is 1. The second-order valence-electron chi connectivity index (χ2n) is 5.14. The summed E-state index contributed by atoms with van der Waals surface area (Å²) >= 11 is 0. The van der Waals surface area contributed by atoms with Crippen molar-refractivity contribution in [3.05, 3.63) is 0 Å². The van der Waals surface area contributed by atoms with Crippen LogP contribution in [-0.4, -0.2) is 62.9 Å². The van der Waals surface area contributed by atoms with Crippen molar-refractivity contribution in [2.45, 2.75) is 38.8 Å². The average Bonchev–Trinajstić information content (AvgIpc) is 2.30. The molecular formula is C11H26N4O2S. The van der Waals surface area contributed by atoms with Crippen molar-refractivity contribution in [3.8, 4) is 0 Å². The van der Waals surface area contributed by atoms with Crippen molar-refractivity contribution >= 4 is 10.2 Å². The molecule has 0 radical (unpaired) electrons. The molecule has 0 aromatic heterocycles. The molecule has 0 bridgehead atoms. The van der Waals surface area contributed by atoms with E-state index in [9.17, 15) is 8.42 Å². The molecule has 1 aliphatic heterocycles. The van der Waals surface area contributed by atoms with E-state index in [0.717, 1.165) is 32.5 Å². The van der Waals surface area contributed by atoms with Gasteiger partial charge >= 0.3 is 0 Å². The van der Waals surface area contributed by atoms with Crippen LogP contribution in [0.25, 0.3) is 0 Å². The van der Waals surface area contributed by atoms with Crippen molar-refractivity contribution in [1.29, 1.82) is 0 Å². The van der Waals surface area contributed by atoms with Gasteiger partial charge in [-0.05, 0) is 39.8 Å². The van der Waals surface area contributed by atoms with Crippen LogP contribution >= 0.6 is 0 Å². The standard InChI is InChI=1S/C11H26N4O2S/c1-10(2)14(3)18(16,17)13-11-4-7-15(8-5-11)9-6-12/h10-11,13H,4-9,12H2,1-3H3. The monoisotopic (exact) mass is 278 g/mol. The number of nitrogens with two attached hydrogens (primary N) is 1. The van der Waals surface area contributed by atoms with Crippen LogP contribution in [-0.2, 0) is 10.2 Å². The average molecular weight is 278 g/mol. The Morgan fingerprint density at radius 1 is 1.39 bits per heavy atom. The summed E-state index contributed by atoms with van der Waals surface area (Å²) in [5.74, 6) is 0. The first-order valence-corrected chi connectivity index (χ1v) is 7.98. The molecule has 6 nitrogen and oxygen atoms in total. The van der Waals surface area contributed by atoms with Gasteiger partial charge in [-0.25, -0.2) is 0 Å². The van der Waals surface area contributed by atoms with Crippen molar-refractivity contribution < 1.29 is 8.42 Å². The Kier molecular flexibility index (Phi) is 6.00. The van der Waals surface area contributed by atoms with Crippen molar-refractivity contribution in [1.82, 2.24) is 13.9 Å². The maximum Gasteiger partial charge on any atom is 0.279 e. The molecule has 3 N–H and O–H groups in total. The fourth-order valence-corrected chi connectivity index (χ4v) is 3.41. The first-order chi connectivity index (χ1) is 8.36. The van der Waals surface area contributed by atoms with E-state index >= 15 is 0 Å². The van der Waals surface area contributed by atoms with Gasteiger partial charge in [-0.1, -0.05) is 0 Å². The highest BCUT2D eigenvalue weighted by Crippen LogP contribution is 2.12. The molecule has 0 atom stereocenters. The van der Waals surface area contributed by atoms with E-state index in [1.54, 1.807) is 7.05 Å². The fourth-order valence-electron chi connectivity index (χ4n) is 2.03. The van der Waals surface area contributed by atoms with Gasteiger partial charge in [-0.15, -0.1) is 0 Å². The minimum atomic E-state index is -3.35. The summed E-state index contributed by atoms with van der Waals surface area (Å²) < 4.78 is 28.2. The molecule has 1 saturated heterocycles. The van der Waals surface area contributed by atoms with Crippen molar-refractivity contribution in [2.24, 2.45) is 5.73 Å². The van der Waals surface area contributed by atoms with Crippen molar-refractivity contribution in [2.75, 3.05) is 33.2 Å². The Labute approximate surface area is 111 Å². The summed E-state index contributed by atoms with van der Waals surface area (Å²) in [5, 5.41) is 0. The van der Waals surface area contributed by atoms with Crippen LogP contribution in [0.1, 0.15) is 26.7 Å². The molecule has 0 amide bonds. The molecule has 1 fully saturated rings. The zero-order valence-electron chi connectivity index (χ0n) is 11.6. The quantitative estimate of drug-likeness (QED) is 0.692. The predicted octanol–water partition coefficient (Wildman–Crippen LogP) is -0.416. The summed E-state index contributed by atoms with van der Waals surface area (Å²) in [4.78, 5) is 2.27. The van der Waals surface area contributed by atoms with E-state index in [1.165, 1.54) is 4.31 Å². The van der Waals surface area contributed by atoms with Crippen molar-refractivity contribution in [3.63, 3.8) is 0 Å². The molecule has 0 aliphatic carbocycles. The number of likely N-dealkylation sites (tertiary alicyclic amines) is 1. The largest absolute Gasteiger partial charge is 0.329 e. The van der Waals surface area contributed by atoms with Gasteiger partial charge in [-0.2, -0.15) is 17.4 Å². The smallest absolute Gasteiger partial charge is 0.279 e. The first kappa shape index (κ1) is 15.8. The van der Waals surface area contributed by atoms with Gasteiger partial charge in [-0.3, -0.25) is 0 Å². The maximum absolute atomic E-state index is 12.0. The lowest BCUT2D eigenvalue weighted by atomic mass is 10.1. The second kappa shape index (κ2) is 6.81. The lowest BCUT2D eigenvalue weighted by molar-refractivity contribution is 0.211. The van der Waals surface area contributed by atoms with Gasteiger partial charge in [0.1, 0.15) is 0 Å². The SMILES string of the molecule is CC(C)N(C)S(=O)(=O)NC1CCN(CCN)CC1. The molecule has 1 aliphatic rings. The van der Waals surface area contributed by atoms with Crippen LogP contribution in [0.4, 0.5) is 0 Å². The van der Waals surface area contributed by atoms with Gasteiger partial charge in [0.05, 0.1) is 0 Å². The predicted molar refractivity (Wildman–Crippen MR) is 73.5 cm³/mol. The minimum absolute atomic E-state index is 0.0279. The van der Waals surface area contributed by atoms with E-state index in [-0.39, 0.29) is 12.1 Å². The van der Waals surface area contributed by atoms with E-state index in [2.05, 4.69) is 9.62 Å². The molecule has 1 heterocycles.